The molecule has 0 saturated heterocycles. The third kappa shape index (κ3) is 2.08. The van der Waals surface area contributed by atoms with E-state index >= 15 is 0 Å². The molecule has 0 radical (unpaired) electrons. The quantitative estimate of drug-likeness (QED) is 0.853. The Hall–Kier alpha value is -0.960. The highest BCUT2D eigenvalue weighted by atomic mass is 19.1. The predicted molar refractivity (Wildman–Crippen MR) is 65.0 cm³/mol. The third-order valence-corrected chi connectivity index (χ3v) is 4.16. The normalized spacial score (nSPS) is 28.6. The molecule has 1 nitrogen and oxygen atoms in total. The number of benzene rings is 1. The monoisotopic (exact) mass is 239 g/mol. The zero-order valence-corrected chi connectivity index (χ0v) is 10.4. The molecule has 1 saturated carbocycles. The molecule has 0 amide bonds. The number of hydrogen-bond acceptors (Lipinski definition) is 1. The van der Waals surface area contributed by atoms with Gasteiger partial charge in [0.05, 0.1) is 0 Å². The molecule has 1 aromatic carbocycles. The summed E-state index contributed by atoms with van der Waals surface area (Å²) in [7, 11) is 1.88. The fourth-order valence-corrected chi connectivity index (χ4v) is 3.21. The minimum atomic E-state index is -0.503. The standard InChI is InChI=1S/C14H19F2N/c1-10-4-3-7-14(10,9-17-2)12-6-5-11(15)8-13(12)16/h5-6,8,10,17H,3-4,7,9H2,1-2H3. The van der Waals surface area contributed by atoms with E-state index in [9.17, 15) is 8.78 Å². The number of halogens is 2. The van der Waals surface area contributed by atoms with Gasteiger partial charge in [-0.2, -0.15) is 0 Å². The molecule has 17 heavy (non-hydrogen) atoms. The molecule has 1 N–H and O–H groups in total. The molecule has 2 atom stereocenters. The van der Waals surface area contributed by atoms with Gasteiger partial charge in [0.25, 0.3) is 0 Å². The van der Waals surface area contributed by atoms with Crippen molar-refractivity contribution in [2.24, 2.45) is 5.92 Å². The van der Waals surface area contributed by atoms with E-state index in [-0.39, 0.29) is 5.41 Å². The van der Waals surface area contributed by atoms with Gasteiger partial charge in [-0.15, -0.1) is 0 Å². The summed E-state index contributed by atoms with van der Waals surface area (Å²) < 4.78 is 27.0. The Balaban J connectivity index is 2.45. The molecule has 1 fully saturated rings. The number of likely N-dealkylation sites (N-methyl/N-ethyl adjacent to an activating group) is 1. The number of rotatable bonds is 3. The van der Waals surface area contributed by atoms with E-state index in [1.165, 1.54) is 6.07 Å². The van der Waals surface area contributed by atoms with E-state index in [4.69, 9.17) is 0 Å². The van der Waals surface area contributed by atoms with Crippen LogP contribution in [-0.2, 0) is 5.41 Å². The van der Waals surface area contributed by atoms with Gasteiger partial charge in [-0.25, -0.2) is 8.78 Å². The van der Waals surface area contributed by atoms with Gasteiger partial charge in [-0.05, 0) is 37.4 Å². The second-order valence-electron chi connectivity index (χ2n) is 5.10. The molecule has 1 aromatic rings. The first-order valence-electron chi connectivity index (χ1n) is 6.20. The minimum Gasteiger partial charge on any atom is -0.319 e. The van der Waals surface area contributed by atoms with E-state index in [1.54, 1.807) is 6.07 Å². The van der Waals surface area contributed by atoms with E-state index < -0.39 is 11.6 Å². The van der Waals surface area contributed by atoms with Crippen LogP contribution in [0.3, 0.4) is 0 Å². The molecule has 0 spiro atoms. The van der Waals surface area contributed by atoms with Crippen molar-refractivity contribution in [3.8, 4) is 0 Å². The van der Waals surface area contributed by atoms with Crippen LogP contribution in [0.15, 0.2) is 18.2 Å². The van der Waals surface area contributed by atoms with Gasteiger partial charge in [-0.1, -0.05) is 19.4 Å². The van der Waals surface area contributed by atoms with Gasteiger partial charge in [-0.3, -0.25) is 0 Å². The van der Waals surface area contributed by atoms with Gasteiger partial charge in [0.2, 0.25) is 0 Å². The molecule has 2 rings (SSSR count). The third-order valence-electron chi connectivity index (χ3n) is 4.16. The van der Waals surface area contributed by atoms with E-state index in [1.807, 2.05) is 7.05 Å². The fraction of sp³-hybridized carbons (Fsp3) is 0.571. The first kappa shape index (κ1) is 12.5. The predicted octanol–water partition coefficient (Wildman–Crippen LogP) is 3.24. The van der Waals surface area contributed by atoms with Crippen molar-refractivity contribution in [2.75, 3.05) is 13.6 Å². The maximum atomic E-state index is 14.0. The van der Waals surface area contributed by atoms with Crippen LogP contribution in [0, 0.1) is 17.6 Å². The Kier molecular flexibility index (Phi) is 3.48. The molecule has 94 valence electrons. The van der Waals surface area contributed by atoms with Crippen LogP contribution in [0.25, 0.3) is 0 Å². The first-order valence-corrected chi connectivity index (χ1v) is 6.20. The highest BCUT2D eigenvalue weighted by Gasteiger charge is 2.42. The van der Waals surface area contributed by atoms with Crippen LogP contribution in [-0.4, -0.2) is 13.6 Å². The fourth-order valence-electron chi connectivity index (χ4n) is 3.21. The van der Waals surface area contributed by atoms with Gasteiger partial charge in [0.1, 0.15) is 11.6 Å². The van der Waals surface area contributed by atoms with E-state index in [0.29, 0.717) is 11.5 Å². The van der Waals surface area contributed by atoms with Crippen LogP contribution >= 0.6 is 0 Å². The highest BCUT2D eigenvalue weighted by molar-refractivity contribution is 5.30. The Labute approximate surface area is 101 Å². The van der Waals surface area contributed by atoms with Gasteiger partial charge in [0, 0.05) is 18.0 Å². The van der Waals surface area contributed by atoms with Crippen molar-refractivity contribution >= 4 is 0 Å². The average Bonchev–Trinajstić information content (AvgIpc) is 2.61. The molecule has 3 heteroatoms. The Bertz CT molecular complexity index is 405. The Morgan fingerprint density at radius 2 is 2.18 bits per heavy atom. The topological polar surface area (TPSA) is 12.0 Å². The summed E-state index contributed by atoms with van der Waals surface area (Å²) in [6.45, 7) is 2.91. The van der Waals surface area contributed by atoms with Crippen molar-refractivity contribution in [3.05, 3.63) is 35.4 Å². The van der Waals surface area contributed by atoms with Crippen LogP contribution < -0.4 is 5.32 Å². The number of nitrogens with one attached hydrogen (secondary N) is 1. The minimum absolute atomic E-state index is 0.174. The zero-order chi connectivity index (χ0) is 12.5. The molecule has 0 bridgehead atoms. The maximum Gasteiger partial charge on any atom is 0.129 e. The van der Waals surface area contributed by atoms with Crippen molar-refractivity contribution in [1.29, 1.82) is 0 Å². The summed E-state index contributed by atoms with van der Waals surface area (Å²) in [6.07, 6.45) is 3.19. The van der Waals surface area contributed by atoms with Crippen molar-refractivity contribution in [1.82, 2.24) is 5.32 Å². The van der Waals surface area contributed by atoms with Crippen LogP contribution in [0.5, 0.6) is 0 Å². The Morgan fingerprint density at radius 3 is 2.71 bits per heavy atom. The smallest absolute Gasteiger partial charge is 0.129 e. The Morgan fingerprint density at radius 1 is 1.41 bits per heavy atom. The SMILES string of the molecule is CNCC1(c2ccc(F)cc2F)CCCC1C. The van der Waals surface area contributed by atoms with Crippen LogP contribution in [0.4, 0.5) is 8.78 Å². The summed E-state index contributed by atoms with van der Waals surface area (Å²) in [5.74, 6) is -0.486. The van der Waals surface area contributed by atoms with Crippen molar-refractivity contribution in [3.63, 3.8) is 0 Å². The largest absolute Gasteiger partial charge is 0.319 e. The summed E-state index contributed by atoms with van der Waals surface area (Å²) in [5.41, 5.74) is 0.491. The van der Waals surface area contributed by atoms with Gasteiger partial charge < -0.3 is 5.32 Å². The summed E-state index contributed by atoms with van der Waals surface area (Å²) >= 11 is 0. The highest BCUT2D eigenvalue weighted by Crippen LogP contribution is 2.46. The molecule has 0 aliphatic heterocycles. The van der Waals surface area contributed by atoms with Gasteiger partial charge >= 0.3 is 0 Å². The molecule has 1 aliphatic carbocycles. The average molecular weight is 239 g/mol. The van der Waals surface area contributed by atoms with Crippen LogP contribution in [0.1, 0.15) is 31.7 Å². The lowest BCUT2D eigenvalue weighted by Crippen LogP contribution is -2.39. The van der Waals surface area contributed by atoms with E-state index in [0.717, 1.165) is 31.9 Å². The second kappa shape index (κ2) is 4.73. The lowest BCUT2D eigenvalue weighted by atomic mass is 9.72. The first-order chi connectivity index (χ1) is 8.10. The lowest BCUT2D eigenvalue weighted by molar-refractivity contribution is 0.313. The molecule has 2 unspecified atom stereocenters. The van der Waals surface area contributed by atoms with Crippen molar-refractivity contribution < 1.29 is 8.78 Å². The van der Waals surface area contributed by atoms with Crippen molar-refractivity contribution in [2.45, 2.75) is 31.6 Å². The molecule has 1 aliphatic rings. The van der Waals surface area contributed by atoms with E-state index in [2.05, 4.69) is 12.2 Å². The summed E-state index contributed by atoms with van der Waals surface area (Å²) in [6, 6.07) is 3.97. The summed E-state index contributed by atoms with van der Waals surface area (Å²) in [4.78, 5) is 0. The molecular formula is C14H19F2N. The maximum absolute atomic E-state index is 14.0. The van der Waals surface area contributed by atoms with Crippen LogP contribution in [0.2, 0.25) is 0 Å². The van der Waals surface area contributed by atoms with Gasteiger partial charge in [0.15, 0.2) is 0 Å². The second-order valence-corrected chi connectivity index (χ2v) is 5.10. The summed E-state index contributed by atoms with van der Waals surface area (Å²) in [5, 5.41) is 3.16. The number of hydrogen-bond donors (Lipinski definition) is 1. The lowest BCUT2D eigenvalue weighted by Gasteiger charge is -2.34. The molecular weight excluding hydrogens is 220 g/mol. The molecule has 0 aromatic heterocycles. The molecule has 0 heterocycles. The zero-order valence-electron chi connectivity index (χ0n) is 10.4.